The maximum Gasteiger partial charge on any atom is 0.259 e. The Hall–Kier alpha value is -4.99. The van der Waals surface area contributed by atoms with E-state index in [1.54, 1.807) is 48.6 Å². The molecule has 0 unspecified atom stereocenters. The number of rotatable bonds is 11. The van der Waals surface area contributed by atoms with Crippen LogP contribution in [0, 0.1) is 6.92 Å². The van der Waals surface area contributed by atoms with Crippen LogP contribution in [-0.4, -0.2) is 59.5 Å². The van der Waals surface area contributed by atoms with Crippen molar-refractivity contribution >= 4 is 29.8 Å². The second kappa shape index (κ2) is 13.7. The number of hydrogen-bond donors (Lipinski definition) is 0. The average Bonchev–Trinajstić information content (AvgIpc) is 2.97. The van der Waals surface area contributed by atoms with E-state index in [9.17, 15) is 9.59 Å². The molecule has 2 aromatic carbocycles. The maximum atomic E-state index is 13.4. The van der Waals surface area contributed by atoms with Crippen molar-refractivity contribution in [2.45, 2.75) is 6.92 Å². The van der Waals surface area contributed by atoms with Crippen molar-refractivity contribution in [3.8, 4) is 34.5 Å². The Bertz CT molecular complexity index is 1300. The van der Waals surface area contributed by atoms with Gasteiger partial charge in [0.15, 0.2) is 23.0 Å². The molecule has 10 nitrogen and oxygen atoms in total. The molecular formula is C30H32N2O8. The number of imide groups is 1. The van der Waals surface area contributed by atoms with Gasteiger partial charge in [0, 0.05) is 18.3 Å². The standard InChI is InChI=1S/C30H32N2O8/c1-19-12-13-31-26(14-19)32(27(33)10-8-20-15-22(35-2)29(39-6)23(16-20)36-3)28(34)11-9-21-17-24(37-4)30(40-7)25(18-21)38-5/h8-18H,1-7H3. The van der Waals surface area contributed by atoms with E-state index in [2.05, 4.69) is 4.98 Å². The summed E-state index contributed by atoms with van der Waals surface area (Å²) in [7, 11) is 9.01. The van der Waals surface area contributed by atoms with E-state index in [4.69, 9.17) is 28.4 Å². The third-order valence-electron chi connectivity index (χ3n) is 5.78. The van der Waals surface area contributed by atoms with Gasteiger partial charge in [-0.25, -0.2) is 9.88 Å². The summed E-state index contributed by atoms with van der Waals surface area (Å²) in [5.74, 6) is 1.52. The van der Waals surface area contributed by atoms with Gasteiger partial charge in [-0.15, -0.1) is 0 Å². The SMILES string of the molecule is COc1cc(C=CC(=O)N(C(=O)C=Cc2cc(OC)c(OC)c(OC)c2)c2cc(C)ccn2)cc(OC)c1OC. The fraction of sp³-hybridized carbons (Fsp3) is 0.233. The summed E-state index contributed by atoms with van der Waals surface area (Å²) in [5.41, 5.74) is 2.03. The van der Waals surface area contributed by atoms with Gasteiger partial charge in [0.25, 0.3) is 11.8 Å². The molecule has 40 heavy (non-hydrogen) atoms. The number of ether oxygens (including phenoxy) is 6. The third-order valence-corrected chi connectivity index (χ3v) is 5.78. The van der Waals surface area contributed by atoms with Crippen LogP contribution in [0.15, 0.2) is 54.7 Å². The molecule has 0 saturated heterocycles. The number of hydrogen-bond acceptors (Lipinski definition) is 9. The van der Waals surface area contributed by atoms with Gasteiger partial charge >= 0.3 is 0 Å². The molecule has 210 valence electrons. The molecule has 2 amide bonds. The molecule has 0 aliphatic heterocycles. The molecule has 0 N–H and O–H groups in total. The van der Waals surface area contributed by atoms with E-state index in [1.165, 1.54) is 61.0 Å². The number of pyridine rings is 1. The Kier molecular flexibility index (Phi) is 10.1. The van der Waals surface area contributed by atoms with E-state index in [1.807, 2.05) is 6.92 Å². The molecule has 0 bridgehead atoms. The monoisotopic (exact) mass is 548 g/mol. The number of methoxy groups -OCH3 is 6. The highest BCUT2D eigenvalue weighted by molar-refractivity contribution is 6.23. The van der Waals surface area contributed by atoms with Crippen LogP contribution in [0.3, 0.4) is 0 Å². The molecule has 0 radical (unpaired) electrons. The average molecular weight is 549 g/mol. The summed E-state index contributed by atoms with van der Waals surface area (Å²) in [6, 6.07) is 10.2. The lowest BCUT2D eigenvalue weighted by Crippen LogP contribution is -2.35. The van der Waals surface area contributed by atoms with Gasteiger partial charge in [0.2, 0.25) is 11.5 Å². The van der Waals surface area contributed by atoms with Crippen LogP contribution in [0.4, 0.5) is 5.82 Å². The number of carbonyl (C=O) groups excluding carboxylic acids is 2. The van der Waals surface area contributed by atoms with E-state index in [0.29, 0.717) is 45.6 Å². The molecule has 3 aromatic rings. The predicted octanol–water partition coefficient (Wildman–Crippen LogP) is 4.73. The molecule has 10 heteroatoms. The van der Waals surface area contributed by atoms with Crippen molar-refractivity contribution in [1.29, 1.82) is 0 Å². The van der Waals surface area contributed by atoms with Crippen LogP contribution in [-0.2, 0) is 9.59 Å². The van der Waals surface area contributed by atoms with Crippen LogP contribution in [0.25, 0.3) is 12.2 Å². The first-order chi connectivity index (χ1) is 19.3. The van der Waals surface area contributed by atoms with Crippen LogP contribution >= 0.6 is 0 Å². The molecule has 0 atom stereocenters. The van der Waals surface area contributed by atoms with Crippen molar-refractivity contribution in [3.63, 3.8) is 0 Å². The third kappa shape index (κ3) is 6.71. The zero-order chi connectivity index (χ0) is 29.2. The fourth-order valence-corrected chi connectivity index (χ4v) is 3.86. The Balaban J connectivity index is 1.98. The Morgan fingerprint density at radius 1 is 0.650 bits per heavy atom. The summed E-state index contributed by atoms with van der Waals surface area (Å²) in [6.45, 7) is 1.84. The zero-order valence-electron chi connectivity index (χ0n) is 23.5. The fourth-order valence-electron chi connectivity index (χ4n) is 3.86. The quantitative estimate of drug-likeness (QED) is 0.315. The molecule has 0 spiro atoms. The van der Waals surface area contributed by atoms with Gasteiger partial charge in [0.05, 0.1) is 42.7 Å². The van der Waals surface area contributed by atoms with Gasteiger partial charge < -0.3 is 28.4 Å². The van der Waals surface area contributed by atoms with Crippen LogP contribution in [0.1, 0.15) is 16.7 Å². The topological polar surface area (TPSA) is 106 Å². The van der Waals surface area contributed by atoms with Gasteiger partial charge in [-0.1, -0.05) is 0 Å². The van der Waals surface area contributed by atoms with Crippen molar-refractivity contribution in [2.75, 3.05) is 47.6 Å². The number of aryl methyl sites for hydroxylation is 1. The Morgan fingerprint density at radius 3 is 1.38 bits per heavy atom. The van der Waals surface area contributed by atoms with Crippen LogP contribution in [0.5, 0.6) is 34.5 Å². The Morgan fingerprint density at radius 2 is 1.05 bits per heavy atom. The summed E-state index contributed by atoms with van der Waals surface area (Å²) in [5, 5.41) is 0. The number of anilines is 1. The second-order valence-electron chi connectivity index (χ2n) is 8.29. The normalized spacial score (nSPS) is 10.9. The minimum absolute atomic E-state index is 0.180. The van der Waals surface area contributed by atoms with Gasteiger partial charge in [0.1, 0.15) is 5.82 Å². The van der Waals surface area contributed by atoms with Gasteiger partial charge in [-0.2, -0.15) is 0 Å². The lowest BCUT2D eigenvalue weighted by molar-refractivity contribution is -0.121. The first kappa shape index (κ1) is 29.6. The molecule has 0 aliphatic rings. The maximum absolute atomic E-state index is 13.4. The molecule has 3 rings (SSSR count). The molecule has 1 aromatic heterocycles. The Labute approximate surface area is 233 Å². The molecule has 1 heterocycles. The number of carbonyl (C=O) groups is 2. The number of benzene rings is 2. The summed E-state index contributed by atoms with van der Waals surface area (Å²) < 4.78 is 32.2. The summed E-state index contributed by atoms with van der Waals surface area (Å²) in [6.07, 6.45) is 7.17. The van der Waals surface area contributed by atoms with Crippen LogP contribution < -0.4 is 33.3 Å². The smallest absolute Gasteiger partial charge is 0.259 e. The first-order valence-corrected chi connectivity index (χ1v) is 12.1. The van der Waals surface area contributed by atoms with E-state index >= 15 is 0 Å². The van der Waals surface area contributed by atoms with Crippen molar-refractivity contribution in [2.24, 2.45) is 0 Å². The van der Waals surface area contributed by atoms with Crippen LogP contribution in [0.2, 0.25) is 0 Å². The number of aromatic nitrogens is 1. The number of nitrogens with zero attached hydrogens (tertiary/aromatic N) is 2. The lowest BCUT2D eigenvalue weighted by atomic mass is 10.1. The van der Waals surface area contributed by atoms with Crippen molar-refractivity contribution in [3.05, 3.63) is 71.4 Å². The highest BCUT2D eigenvalue weighted by Gasteiger charge is 2.22. The molecule has 0 aliphatic carbocycles. The molecule has 0 saturated carbocycles. The largest absolute Gasteiger partial charge is 0.493 e. The molecular weight excluding hydrogens is 516 g/mol. The van der Waals surface area contributed by atoms with Crippen molar-refractivity contribution < 1.29 is 38.0 Å². The lowest BCUT2D eigenvalue weighted by Gasteiger charge is -2.17. The van der Waals surface area contributed by atoms with Gasteiger partial charge in [-0.05, 0) is 72.2 Å². The summed E-state index contributed by atoms with van der Waals surface area (Å²) in [4.78, 5) is 32.0. The summed E-state index contributed by atoms with van der Waals surface area (Å²) >= 11 is 0. The van der Waals surface area contributed by atoms with Gasteiger partial charge in [-0.3, -0.25) is 9.59 Å². The number of amides is 2. The zero-order valence-corrected chi connectivity index (χ0v) is 23.5. The minimum atomic E-state index is -0.605. The molecule has 0 fully saturated rings. The second-order valence-corrected chi connectivity index (χ2v) is 8.29. The first-order valence-electron chi connectivity index (χ1n) is 12.1. The highest BCUT2D eigenvalue weighted by Crippen LogP contribution is 2.39. The van der Waals surface area contributed by atoms with E-state index < -0.39 is 11.8 Å². The predicted molar refractivity (Wildman–Crippen MR) is 152 cm³/mol. The minimum Gasteiger partial charge on any atom is -0.493 e. The van der Waals surface area contributed by atoms with Crippen molar-refractivity contribution in [1.82, 2.24) is 4.98 Å². The van der Waals surface area contributed by atoms with E-state index in [-0.39, 0.29) is 5.82 Å². The van der Waals surface area contributed by atoms with E-state index in [0.717, 1.165) is 10.5 Å². The highest BCUT2D eigenvalue weighted by atomic mass is 16.5.